The maximum atomic E-state index is 4.85. The van der Waals surface area contributed by atoms with Crippen LogP contribution in [-0.2, 0) is 19.5 Å². The molecule has 0 amide bonds. The third kappa shape index (κ3) is 2.75. The van der Waals surface area contributed by atoms with Gasteiger partial charge in [-0.1, -0.05) is 24.3 Å². The number of hydrogen-bond acceptors (Lipinski definition) is 4. The first-order valence-corrected chi connectivity index (χ1v) is 9.41. The van der Waals surface area contributed by atoms with Crippen molar-refractivity contribution in [1.29, 1.82) is 0 Å². The maximum Gasteiger partial charge on any atom is 0.169 e. The molecule has 0 unspecified atom stereocenters. The molecule has 0 aliphatic carbocycles. The number of nitrogens with zero attached hydrogens (tertiary/aromatic N) is 3. The van der Waals surface area contributed by atoms with E-state index in [4.69, 9.17) is 4.98 Å². The monoisotopic (exact) mass is 346 g/mol. The number of thiophene rings is 1. The number of aromatic amines is 1. The molecule has 0 bridgehead atoms. The Hall–Kier alpha value is -2.50. The predicted octanol–water partition coefficient (Wildman–Crippen LogP) is 4.24. The highest BCUT2D eigenvalue weighted by Gasteiger charge is 2.20. The zero-order chi connectivity index (χ0) is 16.6. The SMILES string of the molecule is c1csc(-c2ncc3c(n2)CN(Cc2cccc4cc[nH]c24)CC3)c1. The van der Waals surface area contributed by atoms with E-state index in [0.717, 1.165) is 36.8 Å². The second-order valence-corrected chi connectivity index (χ2v) is 7.41. The first-order valence-electron chi connectivity index (χ1n) is 8.53. The van der Waals surface area contributed by atoms with Gasteiger partial charge >= 0.3 is 0 Å². The van der Waals surface area contributed by atoms with Crippen LogP contribution in [0, 0.1) is 0 Å². The summed E-state index contributed by atoms with van der Waals surface area (Å²) in [6, 6.07) is 12.8. The van der Waals surface area contributed by atoms with Crippen LogP contribution in [0.4, 0.5) is 0 Å². The maximum absolute atomic E-state index is 4.85. The van der Waals surface area contributed by atoms with Gasteiger partial charge in [0.05, 0.1) is 10.6 Å². The molecule has 0 saturated heterocycles. The van der Waals surface area contributed by atoms with E-state index in [0.29, 0.717) is 0 Å². The minimum atomic E-state index is 0.849. The molecule has 3 aromatic heterocycles. The third-order valence-corrected chi connectivity index (χ3v) is 5.70. The van der Waals surface area contributed by atoms with Gasteiger partial charge in [0.25, 0.3) is 0 Å². The van der Waals surface area contributed by atoms with E-state index in [1.165, 1.54) is 27.7 Å². The molecule has 5 heteroatoms. The average Bonchev–Trinajstić information content (AvgIpc) is 3.33. The largest absolute Gasteiger partial charge is 0.361 e. The van der Waals surface area contributed by atoms with Crippen molar-refractivity contribution in [2.45, 2.75) is 19.5 Å². The number of hydrogen-bond donors (Lipinski definition) is 1. The van der Waals surface area contributed by atoms with E-state index in [1.54, 1.807) is 11.3 Å². The summed E-state index contributed by atoms with van der Waals surface area (Å²) >= 11 is 1.69. The van der Waals surface area contributed by atoms with Crippen LogP contribution in [0.2, 0.25) is 0 Å². The molecule has 1 N–H and O–H groups in total. The van der Waals surface area contributed by atoms with Crippen molar-refractivity contribution in [3.05, 3.63) is 71.0 Å². The minimum absolute atomic E-state index is 0.849. The van der Waals surface area contributed by atoms with E-state index in [2.05, 4.69) is 50.6 Å². The molecule has 4 aromatic rings. The summed E-state index contributed by atoms with van der Waals surface area (Å²) in [5.41, 5.74) is 5.05. The first kappa shape index (κ1) is 14.8. The van der Waals surface area contributed by atoms with Crippen molar-refractivity contribution >= 4 is 22.2 Å². The molecule has 0 fully saturated rings. The van der Waals surface area contributed by atoms with Gasteiger partial charge in [0.15, 0.2) is 5.82 Å². The van der Waals surface area contributed by atoms with Crippen molar-refractivity contribution in [3.8, 4) is 10.7 Å². The van der Waals surface area contributed by atoms with E-state index in [9.17, 15) is 0 Å². The van der Waals surface area contributed by atoms with Gasteiger partial charge in [0.2, 0.25) is 0 Å². The number of H-pyrrole nitrogens is 1. The lowest BCUT2D eigenvalue weighted by Gasteiger charge is -2.28. The fraction of sp³-hybridized carbons (Fsp3) is 0.200. The fourth-order valence-electron chi connectivity index (χ4n) is 3.54. The van der Waals surface area contributed by atoms with Gasteiger partial charge in [-0.15, -0.1) is 11.3 Å². The van der Waals surface area contributed by atoms with Crippen LogP contribution >= 0.6 is 11.3 Å². The van der Waals surface area contributed by atoms with Crippen LogP contribution in [0.15, 0.2) is 54.2 Å². The molecule has 1 aromatic carbocycles. The van der Waals surface area contributed by atoms with E-state index in [-0.39, 0.29) is 0 Å². The summed E-state index contributed by atoms with van der Waals surface area (Å²) in [7, 11) is 0. The molecule has 0 spiro atoms. The third-order valence-electron chi connectivity index (χ3n) is 4.83. The van der Waals surface area contributed by atoms with E-state index >= 15 is 0 Å². The summed E-state index contributed by atoms with van der Waals surface area (Å²) < 4.78 is 0. The molecule has 0 atom stereocenters. The van der Waals surface area contributed by atoms with Crippen molar-refractivity contribution < 1.29 is 0 Å². The van der Waals surface area contributed by atoms with Gasteiger partial charge in [0.1, 0.15) is 0 Å². The molecule has 4 heterocycles. The Labute approximate surface area is 150 Å². The normalized spacial score (nSPS) is 14.7. The average molecular weight is 346 g/mol. The van der Waals surface area contributed by atoms with E-state index in [1.807, 2.05) is 18.5 Å². The summed E-state index contributed by atoms with van der Waals surface area (Å²) in [4.78, 5) is 16.4. The molecule has 1 aliphatic heterocycles. The Kier molecular flexibility index (Phi) is 3.61. The molecule has 0 saturated carbocycles. The van der Waals surface area contributed by atoms with Gasteiger partial charge < -0.3 is 4.98 Å². The van der Waals surface area contributed by atoms with Crippen LogP contribution in [-0.4, -0.2) is 26.4 Å². The summed E-state index contributed by atoms with van der Waals surface area (Å²) in [6.07, 6.45) is 5.04. The lowest BCUT2D eigenvalue weighted by molar-refractivity contribution is 0.242. The van der Waals surface area contributed by atoms with Crippen LogP contribution in [0.5, 0.6) is 0 Å². The molecule has 4 nitrogen and oxygen atoms in total. The van der Waals surface area contributed by atoms with Gasteiger partial charge in [-0.2, -0.15) is 0 Å². The Morgan fingerprint density at radius 1 is 1.16 bits per heavy atom. The van der Waals surface area contributed by atoms with Gasteiger partial charge in [-0.05, 0) is 40.4 Å². The summed E-state index contributed by atoms with van der Waals surface area (Å²) in [5.74, 6) is 0.849. The summed E-state index contributed by atoms with van der Waals surface area (Å²) in [6.45, 7) is 2.87. The lowest BCUT2D eigenvalue weighted by Crippen LogP contribution is -2.31. The Morgan fingerprint density at radius 3 is 3.08 bits per heavy atom. The molecule has 0 radical (unpaired) electrons. The first-order chi connectivity index (χ1) is 12.4. The smallest absolute Gasteiger partial charge is 0.169 e. The van der Waals surface area contributed by atoms with Crippen LogP contribution in [0.25, 0.3) is 21.6 Å². The number of nitrogens with one attached hydrogen (secondary N) is 1. The Bertz CT molecular complexity index is 1020. The lowest BCUT2D eigenvalue weighted by atomic mass is 10.1. The summed E-state index contributed by atoms with van der Waals surface area (Å²) in [5, 5.41) is 3.35. The topological polar surface area (TPSA) is 44.8 Å². The molecule has 25 heavy (non-hydrogen) atoms. The number of benzene rings is 1. The fourth-order valence-corrected chi connectivity index (χ4v) is 4.20. The zero-order valence-corrected chi connectivity index (χ0v) is 14.6. The number of rotatable bonds is 3. The van der Waals surface area contributed by atoms with Crippen LogP contribution < -0.4 is 0 Å². The number of para-hydroxylation sites is 1. The van der Waals surface area contributed by atoms with Gasteiger partial charge in [0, 0.05) is 37.5 Å². The van der Waals surface area contributed by atoms with Crippen LogP contribution in [0.1, 0.15) is 16.8 Å². The number of fused-ring (bicyclic) bond motifs is 2. The van der Waals surface area contributed by atoms with Crippen molar-refractivity contribution in [2.24, 2.45) is 0 Å². The highest BCUT2D eigenvalue weighted by molar-refractivity contribution is 7.13. The molecule has 124 valence electrons. The number of aromatic nitrogens is 3. The minimum Gasteiger partial charge on any atom is -0.361 e. The zero-order valence-electron chi connectivity index (χ0n) is 13.8. The molecular weight excluding hydrogens is 328 g/mol. The second-order valence-electron chi connectivity index (χ2n) is 6.46. The predicted molar refractivity (Wildman–Crippen MR) is 101 cm³/mol. The van der Waals surface area contributed by atoms with Crippen molar-refractivity contribution in [2.75, 3.05) is 6.54 Å². The standard InChI is InChI=1S/C20H18N4S/c1-3-14-6-8-21-19(14)16(4-1)12-24-9-7-15-11-22-20(23-17(15)13-24)18-5-2-10-25-18/h1-6,8,10-11,21H,7,9,12-13H2. The van der Waals surface area contributed by atoms with Crippen LogP contribution in [0.3, 0.4) is 0 Å². The Morgan fingerprint density at radius 2 is 2.16 bits per heavy atom. The Balaban J connectivity index is 1.42. The second kappa shape index (κ2) is 6.10. The van der Waals surface area contributed by atoms with Crippen molar-refractivity contribution in [3.63, 3.8) is 0 Å². The highest BCUT2D eigenvalue weighted by atomic mass is 32.1. The highest BCUT2D eigenvalue weighted by Crippen LogP contribution is 2.26. The molecule has 5 rings (SSSR count). The quantitative estimate of drug-likeness (QED) is 0.603. The molecule has 1 aliphatic rings. The van der Waals surface area contributed by atoms with Crippen molar-refractivity contribution in [1.82, 2.24) is 19.9 Å². The van der Waals surface area contributed by atoms with Gasteiger partial charge in [-0.25, -0.2) is 9.97 Å². The van der Waals surface area contributed by atoms with Gasteiger partial charge in [-0.3, -0.25) is 4.90 Å². The molecular formula is C20H18N4S. The van der Waals surface area contributed by atoms with E-state index < -0.39 is 0 Å².